The third kappa shape index (κ3) is 3.23. The molecule has 4 nitrogen and oxygen atoms in total. The fourth-order valence-electron chi connectivity index (χ4n) is 2.30. The van der Waals surface area contributed by atoms with Crippen LogP contribution in [0.3, 0.4) is 0 Å². The van der Waals surface area contributed by atoms with Gasteiger partial charge in [0.2, 0.25) is 0 Å². The molecule has 1 heterocycles. The minimum Gasteiger partial charge on any atom is -0.496 e. The lowest BCUT2D eigenvalue weighted by Gasteiger charge is -2.21. The first-order chi connectivity index (χ1) is 9.11. The van der Waals surface area contributed by atoms with E-state index in [-0.39, 0.29) is 17.6 Å². The summed E-state index contributed by atoms with van der Waals surface area (Å²) in [5.41, 5.74) is 0.235. The Hall–Kier alpha value is -1.62. The quantitative estimate of drug-likeness (QED) is 0.889. The number of nitrogens with zero attached hydrogens (tertiary/aromatic N) is 1. The van der Waals surface area contributed by atoms with Crippen molar-refractivity contribution in [1.29, 1.82) is 0 Å². The lowest BCUT2D eigenvalue weighted by molar-refractivity contribution is 0.0749. The molecule has 1 aliphatic heterocycles. The molecule has 1 atom stereocenters. The lowest BCUT2D eigenvalue weighted by Crippen LogP contribution is -2.32. The molecule has 1 N–H and O–H groups in total. The van der Waals surface area contributed by atoms with E-state index < -0.39 is 5.82 Å². The van der Waals surface area contributed by atoms with E-state index in [4.69, 9.17) is 4.74 Å². The maximum absolute atomic E-state index is 13.3. The van der Waals surface area contributed by atoms with Crippen molar-refractivity contribution in [3.8, 4) is 5.75 Å². The molecule has 1 aromatic carbocycles. The molecule has 0 saturated carbocycles. The Morgan fingerprint density at radius 2 is 2.21 bits per heavy atom. The number of ether oxygens (including phenoxy) is 1. The van der Waals surface area contributed by atoms with Crippen LogP contribution in [0.15, 0.2) is 18.2 Å². The first-order valence-corrected chi connectivity index (χ1v) is 6.42. The number of rotatable bonds is 2. The summed E-state index contributed by atoms with van der Waals surface area (Å²) < 4.78 is 18.4. The Labute approximate surface area is 111 Å². The number of likely N-dealkylation sites (tertiary alicyclic amines) is 1. The summed E-state index contributed by atoms with van der Waals surface area (Å²) in [6, 6.07) is 3.92. The van der Waals surface area contributed by atoms with Gasteiger partial charge in [0.05, 0.1) is 18.8 Å². The van der Waals surface area contributed by atoms with Gasteiger partial charge < -0.3 is 14.7 Å². The second-order valence-corrected chi connectivity index (χ2v) is 4.72. The SMILES string of the molecule is COc1ccc(F)cc1C(=O)N1CCC[C@H](O)CC1. The van der Waals surface area contributed by atoms with E-state index >= 15 is 0 Å². The summed E-state index contributed by atoms with van der Waals surface area (Å²) >= 11 is 0. The van der Waals surface area contributed by atoms with Gasteiger partial charge in [-0.3, -0.25) is 4.79 Å². The van der Waals surface area contributed by atoms with Crippen molar-refractivity contribution in [3.05, 3.63) is 29.6 Å². The smallest absolute Gasteiger partial charge is 0.257 e. The highest BCUT2D eigenvalue weighted by atomic mass is 19.1. The van der Waals surface area contributed by atoms with Gasteiger partial charge in [-0.15, -0.1) is 0 Å². The van der Waals surface area contributed by atoms with Gasteiger partial charge in [0.1, 0.15) is 11.6 Å². The minimum atomic E-state index is -0.459. The van der Waals surface area contributed by atoms with Gasteiger partial charge in [-0.25, -0.2) is 4.39 Å². The molecule has 1 saturated heterocycles. The molecule has 19 heavy (non-hydrogen) atoms. The van der Waals surface area contributed by atoms with E-state index in [1.165, 1.54) is 25.3 Å². The van der Waals surface area contributed by atoms with Gasteiger partial charge in [-0.1, -0.05) is 0 Å². The number of hydrogen-bond acceptors (Lipinski definition) is 3. The highest BCUT2D eigenvalue weighted by molar-refractivity contribution is 5.97. The molecule has 1 amide bonds. The standard InChI is InChI=1S/C14H18FNO3/c1-19-13-5-4-10(15)9-12(13)14(18)16-7-2-3-11(17)6-8-16/h4-5,9,11,17H,2-3,6-8H2,1H3/t11-/m0/s1. The Morgan fingerprint density at radius 3 is 2.95 bits per heavy atom. The average molecular weight is 267 g/mol. The molecular weight excluding hydrogens is 249 g/mol. The summed E-state index contributed by atoms with van der Waals surface area (Å²) in [6.45, 7) is 1.06. The molecular formula is C14H18FNO3. The van der Waals surface area contributed by atoms with Crippen molar-refractivity contribution in [2.45, 2.75) is 25.4 Å². The fraction of sp³-hybridized carbons (Fsp3) is 0.500. The Kier molecular flexibility index (Phi) is 4.37. The van der Waals surface area contributed by atoms with Crippen molar-refractivity contribution in [1.82, 2.24) is 4.90 Å². The number of amides is 1. The summed E-state index contributed by atoms with van der Waals surface area (Å²) in [5, 5.41) is 9.58. The largest absolute Gasteiger partial charge is 0.496 e. The van der Waals surface area contributed by atoms with E-state index in [9.17, 15) is 14.3 Å². The molecule has 1 fully saturated rings. The zero-order valence-electron chi connectivity index (χ0n) is 10.9. The van der Waals surface area contributed by atoms with Gasteiger partial charge >= 0.3 is 0 Å². The van der Waals surface area contributed by atoms with Crippen LogP contribution >= 0.6 is 0 Å². The molecule has 0 radical (unpaired) electrons. The first kappa shape index (κ1) is 13.8. The van der Waals surface area contributed by atoms with Crippen LogP contribution in [-0.2, 0) is 0 Å². The van der Waals surface area contributed by atoms with E-state index in [1.54, 1.807) is 4.90 Å². The zero-order valence-corrected chi connectivity index (χ0v) is 10.9. The third-order valence-electron chi connectivity index (χ3n) is 3.38. The summed E-state index contributed by atoms with van der Waals surface area (Å²) in [7, 11) is 1.45. The number of halogens is 1. The second-order valence-electron chi connectivity index (χ2n) is 4.72. The maximum atomic E-state index is 13.3. The molecule has 0 bridgehead atoms. The number of benzene rings is 1. The number of aliphatic hydroxyl groups is 1. The average Bonchev–Trinajstić information content (AvgIpc) is 2.62. The van der Waals surface area contributed by atoms with E-state index in [2.05, 4.69) is 0 Å². The number of carbonyl (C=O) groups excluding carboxylic acids is 1. The summed E-state index contributed by atoms with van der Waals surface area (Å²) in [5.74, 6) is -0.333. The van der Waals surface area contributed by atoms with Crippen molar-refractivity contribution in [3.63, 3.8) is 0 Å². The molecule has 104 valence electrons. The minimum absolute atomic E-state index is 0.235. The Bertz CT molecular complexity index is 464. The normalized spacial score (nSPS) is 19.9. The van der Waals surface area contributed by atoms with Crippen LogP contribution in [-0.4, -0.2) is 42.2 Å². The molecule has 5 heteroatoms. The highest BCUT2D eigenvalue weighted by Gasteiger charge is 2.23. The van der Waals surface area contributed by atoms with Crippen molar-refractivity contribution < 1.29 is 19.0 Å². The van der Waals surface area contributed by atoms with Crippen LogP contribution in [0.2, 0.25) is 0 Å². The maximum Gasteiger partial charge on any atom is 0.257 e. The van der Waals surface area contributed by atoms with Crippen LogP contribution < -0.4 is 4.74 Å². The third-order valence-corrected chi connectivity index (χ3v) is 3.38. The predicted octanol–water partition coefficient (Wildman–Crippen LogP) is 1.82. The molecule has 0 unspecified atom stereocenters. The number of hydrogen-bond donors (Lipinski definition) is 1. The van der Waals surface area contributed by atoms with Crippen LogP contribution in [0.25, 0.3) is 0 Å². The van der Waals surface area contributed by atoms with Crippen LogP contribution in [0.4, 0.5) is 4.39 Å². The van der Waals surface area contributed by atoms with Gasteiger partial charge in [-0.2, -0.15) is 0 Å². The number of aliphatic hydroxyl groups excluding tert-OH is 1. The van der Waals surface area contributed by atoms with Crippen molar-refractivity contribution in [2.24, 2.45) is 0 Å². The molecule has 1 aromatic rings. The van der Waals surface area contributed by atoms with Crippen LogP contribution in [0.5, 0.6) is 5.75 Å². The monoisotopic (exact) mass is 267 g/mol. The van der Waals surface area contributed by atoms with Crippen LogP contribution in [0.1, 0.15) is 29.6 Å². The number of methoxy groups -OCH3 is 1. The van der Waals surface area contributed by atoms with E-state index in [0.29, 0.717) is 31.7 Å². The molecule has 0 aliphatic carbocycles. The first-order valence-electron chi connectivity index (χ1n) is 6.42. The fourth-order valence-corrected chi connectivity index (χ4v) is 2.30. The van der Waals surface area contributed by atoms with Gasteiger partial charge in [-0.05, 0) is 37.5 Å². The summed E-state index contributed by atoms with van der Waals surface area (Å²) in [6.07, 6.45) is 1.66. The van der Waals surface area contributed by atoms with Crippen molar-refractivity contribution in [2.75, 3.05) is 20.2 Å². The molecule has 2 rings (SSSR count). The molecule has 0 spiro atoms. The topological polar surface area (TPSA) is 49.8 Å². The molecule has 0 aromatic heterocycles. The zero-order chi connectivity index (χ0) is 13.8. The Balaban J connectivity index is 2.21. The molecule has 1 aliphatic rings. The summed E-state index contributed by atoms with van der Waals surface area (Å²) in [4.78, 5) is 14.0. The van der Waals surface area contributed by atoms with Crippen LogP contribution in [0, 0.1) is 5.82 Å². The van der Waals surface area contributed by atoms with Crippen molar-refractivity contribution >= 4 is 5.91 Å². The van der Waals surface area contributed by atoms with Gasteiger partial charge in [0.15, 0.2) is 0 Å². The second kappa shape index (κ2) is 6.02. The lowest BCUT2D eigenvalue weighted by atomic mass is 10.1. The highest BCUT2D eigenvalue weighted by Crippen LogP contribution is 2.22. The number of carbonyl (C=O) groups is 1. The van der Waals surface area contributed by atoms with Gasteiger partial charge in [0.25, 0.3) is 5.91 Å². The predicted molar refractivity (Wildman–Crippen MR) is 68.7 cm³/mol. The van der Waals surface area contributed by atoms with Gasteiger partial charge in [0, 0.05) is 13.1 Å². The Morgan fingerprint density at radius 1 is 1.42 bits per heavy atom. The van der Waals surface area contributed by atoms with E-state index in [1.807, 2.05) is 0 Å². The van der Waals surface area contributed by atoms with E-state index in [0.717, 1.165) is 6.42 Å².